The monoisotopic (exact) mass is 233 g/mol. The van der Waals surface area contributed by atoms with Crippen LogP contribution in [0.15, 0.2) is 20.9 Å². The fourth-order valence-corrected chi connectivity index (χ4v) is 1.98. The molecule has 0 saturated heterocycles. The van der Waals surface area contributed by atoms with Crippen LogP contribution >= 0.6 is 27.3 Å². The molecule has 0 aliphatic carbocycles. The second-order valence-corrected chi connectivity index (χ2v) is 3.88. The Labute approximate surface area is 77.2 Å². The average Bonchev–Trinajstić information content (AvgIpc) is 2.31. The molecule has 1 rings (SSSR count). The Hall–Kier alpha value is -0.550. The molecular weight excluding hydrogens is 226 g/mol. The maximum absolute atomic E-state index is 5.17. The molecule has 0 atom stereocenters. The third-order valence-corrected chi connectivity index (χ3v) is 2.72. The highest BCUT2D eigenvalue weighted by Crippen LogP contribution is 2.19. The summed E-state index contributed by atoms with van der Waals surface area (Å²) in [5, 5.41) is 2.00. The Morgan fingerprint density at radius 3 is 2.82 bits per heavy atom. The molecule has 0 saturated carbocycles. The number of nitrogens with two attached hydrogens (primary N) is 2. The van der Waals surface area contributed by atoms with Gasteiger partial charge in [0.25, 0.3) is 0 Å². The topological polar surface area (TPSA) is 64.4 Å². The lowest BCUT2D eigenvalue weighted by Crippen LogP contribution is -2.22. The van der Waals surface area contributed by atoms with Gasteiger partial charge in [0.05, 0.1) is 6.54 Å². The van der Waals surface area contributed by atoms with E-state index in [0.29, 0.717) is 6.54 Å². The summed E-state index contributed by atoms with van der Waals surface area (Å²) in [6.45, 7) is 0.568. The maximum Gasteiger partial charge on any atom is 0.186 e. The highest BCUT2D eigenvalue weighted by atomic mass is 79.9. The van der Waals surface area contributed by atoms with Crippen LogP contribution in [0.3, 0.4) is 0 Å². The van der Waals surface area contributed by atoms with Gasteiger partial charge >= 0.3 is 0 Å². The third-order valence-electron chi connectivity index (χ3n) is 1.04. The first-order chi connectivity index (χ1) is 5.18. The lowest BCUT2D eigenvalue weighted by molar-refractivity contribution is 1.08. The summed E-state index contributed by atoms with van der Waals surface area (Å²) < 4.78 is 1.07. The number of hydrogen-bond donors (Lipinski definition) is 2. The molecule has 60 valence electrons. The molecule has 0 radical (unpaired) electrons. The Balaban J connectivity index is 2.58. The van der Waals surface area contributed by atoms with Gasteiger partial charge in [-0.25, -0.2) is 4.99 Å². The molecule has 4 N–H and O–H groups in total. The van der Waals surface area contributed by atoms with Crippen molar-refractivity contribution in [3.8, 4) is 0 Å². The molecule has 3 nitrogen and oxygen atoms in total. The van der Waals surface area contributed by atoms with Crippen molar-refractivity contribution in [1.29, 1.82) is 0 Å². The fraction of sp³-hybridized carbons (Fsp3) is 0.167. The molecule has 1 heterocycles. The van der Waals surface area contributed by atoms with Gasteiger partial charge in [0.15, 0.2) is 5.96 Å². The van der Waals surface area contributed by atoms with Crippen molar-refractivity contribution in [1.82, 2.24) is 0 Å². The highest BCUT2D eigenvalue weighted by Gasteiger charge is 1.94. The number of halogens is 1. The van der Waals surface area contributed by atoms with Crippen molar-refractivity contribution in [2.75, 3.05) is 0 Å². The standard InChI is InChI=1S/C6H8BrN3S/c7-4-1-5(11-3-4)2-10-6(8)9/h1,3H,2H2,(H4,8,9,10). The summed E-state index contributed by atoms with van der Waals surface area (Å²) in [6.07, 6.45) is 0. The van der Waals surface area contributed by atoms with E-state index in [1.54, 1.807) is 11.3 Å². The average molecular weight is 234 g/mol. The molecule has 0 bridgehead atoms. The normalized spacial score (nSPS) is 9.55. The van der Waals surface area contributed by atoms with Crippen LogP contribution in [0.2, 0.25) is 0 Å². The molecule has 0 aromatic carbocycles. The quantitative estimate of drug-likeness (QED) is 0.598. The third kappa shape index (κ3) is 2.90. The van der Waals surface area contributed by atoms with Crippen LogP contribution in [-0.4, -0.2) is 5.96 Å². The number of rotatable bonds is 2. The van der Waals surface area contributed by atoms with Gasteiger partial charge in [-0.3, -0.25) is 0 Å². The second-order valence-electron chi connectivity index (χ2n) is 1.97. The molecule has 0 aliphatic heterocycles. The minimum absolute atomic E-state index is 0.134. The Bertz CT molecular complexity index is 265. The molecule has 1 aromatic heterocycles. The minimum Gasteiger partial charge on any atom is -0.370 e. The van der Waals surface area contributed by atoms with Crippen LogP contribution in [0.1, 0.15) is 4.88 Å². The molecule has 0 amide bonds. The first-order valence-electron chi connectivity index (χ1n) is 2.97. The van der Waals surface area contributed by atoms with Gasteiger partial charge in [-0.15, -0.1) is 11.3 Å². The molecule has 1 aromatic rings. The van der Waals surface area contributed by atoms with Gasteiger partial charge < -0.3 is 11.5 Å². The van der Waals surface area contributed by atoms with Crippen molar-refractivity contribution in [3.05, 3.63) is 20.8 Å². The van der Waals surface area contributed by atoms with E-state index in [2.05, 4.69) is 20.9 Å². The first kappa shape index (κ1) is 8.55. The zero-order chi connectivity index (χ0) is 8.27. The molecule has 0 fully saturated rings. The number of nitrogens with zero attached hydrogens (tertiary/aromatic N) is 1. The summed E-state index contributed by atoms with van der Waals surface area (Å²) in [4.78, 5) is 5.01. The maximum atomic E-state index is 5.17. The number of guanidine groups is 1. The van der Waals surface area contributed by atoms with Crippen LogP contribution in [0.4, 0.5) is 0 Å². The number of hydrogen-bond acceptors (Lipinski definition) is 2. The molecule has 5 heteroatoms. The van der Waals surface area contributed by atoms with E-state index in [0.717, 1.165) is 9.35 Å². The Morgan fingerprint density at radius 2 is 2.36 bits per heavy atom. The van der Waals surface area contributed by atoms with E-state index in [1.165, 1.54) is 0 Å². The van der Waals surface area contributed by atoms with Gasteiger partial charge in [0.2, 0.25) is 0 Å². The van der Waals surface area contributed by atoms with Crippen molar-refractivity contribution < 1.29 is 0 Å². The zero-order valence-corrected chi connectivity index (χ0v) is 8.15. The summed E-state index contributed by atoms with van der Waals surface area (Å²) in [5.41, 5.74) is 10.3. The Kier molecular flexibility index (Phi) is 2.90. The van der Waals surface area contributed by atoms with Crippen molar-refractivity contribution in [3.63, 3.8) is 0 Å². The van der Waals surface area contributed by atoms with E-state index in [1.807, 2.05) is 11.4 Å². The van der Waals surface area contributed by atoms with E-state index >= 15 is 0 Å². The molecule has 11 heavy (non-hydrogen) atoms. The predicted molar refractivity (Wildman–Crippen MR) is 51.5 cm³/mol. The van der Waals surface area contributed by atoms with Crippen molar-refractivity contribution in [2.45, 2.75) is 6.54 Å². The summed E-state index contributed by atoms with van der Waals surface area (Å²) in [6, 6.07) is 2.00. The molecule has 0 unspecified atom stereocenters. The highest BCUT2D eigenvalue weighted by molar-refractivity contribution is 9.10. The van der Waals surface area contributed by atoms with Crippen LogP contribution in [-0.2, 0) is 6.54 Å². The molecular formula is C6H8BrN3S. The van der Waals surface area contributed by atoms with Gasteiger partial charge in [-0.05, 0) is 22.0 Å². The van der Waals surface area contributed by atoms with E-state index in [9.17, 15) is 0 Å². The molecule has 0 aliphatic rings. The lowest BCUT2D eigenvalue weighted by atomic mass is 10.5. The van der Waals surface area contributed by atoms with Crippen LogP contribution < -0.4 is 11.5 Å². The summed E-state index contributed by atoms with van der Waals surface area (Å²) >= 11 is 4.97. The number of thiophene rings is 1. The second kappa shape index (κ2) is 3.73. The number of aliphatic imine (C=N–C) groups is 1. The van der Waals surface area contributed by atoms with E-state index in [4.69, 9.17) is 11.5 Å². The first-order valence-corrected chi connectivity index (χ1v) is 4.64. The van der Waals surface area contributed by atoms with Crippen LogP contribution in [0, 0.1) is 0 Å². The van der Waals surface area contributed by atoms with Gasteiger partial charge in [0.1, 0.15) is 0 Å². The molecule has 0 spiro atoms. The van der Waals surface area contributed by atoms with Crippen LogP contribution in [0.5, 0.6) is 0 Å². The fourth-order valence-electron chi connectivity index (χ4n) is 0.606. The summed E-state index contributed by atoms with van der Waals surface area (Å²) in [5.74, 6) is 0.134. The Morgan fingerprint density at radius 1 is 1.64 bits per heavy atom. The predicted octanol–water partition coefficient (Wildman–Crippen LogP) is 1.28. The SMILES string of the molecule is NC(N)=NCc1cc(Br)cs1. The van der Waals surface area contributed by atoms with Crippen molar-refractivity contribution in [2.24, 2.45) is 16.5 Å². The largest absolute Gasteiger partial charge is 0.370 e. The van der Waals surface area contributed by atoms with Gasteiger partial charge in [0, 0.05) is 14.7 Å². The lowest BCUT2D eigenvalue weighted by Gasteiger charge is -1.89. The van der Waals surface area contributed by atoms with Gasteiger partial charge in [-0.2, -0.15) is 0 Å². The summed E-state index contributed by atoms with van der Waals surface area (Å²) in [7, 11) is 0. The van der Waals surface area contributed by atoms with E-state index < -0.39 is 0 Å². The van der Waals surface area contributed by atoms with Crippen LogP contribution in [0.25, 0.3) is 0 Å². The van der Waals surface area contributed by atoms with E-state index in [-0.39, 0.29) is 5.96 Å². The zero-order valence-electron chi connectivity index (χ0n) is 5.75. The van der Waals surface area contributed by atoms with Gasteiger partial charge in [-0.1, -0.05) is 0 Å². The van der Waals surface area contributed by atoms with Crippen molar-refractivity contribution >= 4 is 33.2 Å². The minimum atomic E-state index is 0.134. The smallest absolute Gasteiger partial charge is 0.186 e.